The second-order valence-corrected chi connectivity index (χ2v) is 6.47. The van der Waals surface area contributed by atoms with Crippen LogP contribution in [0.5, 0.6) is 5.75 Å². The number of pyridine rings is 1. The SMILES string of the molecule is CC(=O)Oc1cc(C)c(C2N=C(NC#N)Nc3nc(N)c(C#N)c(N)c32)c(C)c1. The van der Waals surface area contributed by atoms with E-state index in [0.29, 0.717) is 17.1 Å². The molecule has 3 rings (SSSR count). The Balaban J connectivity index is 2.26. The van der Waals surface area contributed by atoms with Crippen molar-refractivity contribution in [2.75, 3.05) is 16.8 Å². The van der Waals surface area contributed by atoms with E-state index in [4.69, 9.17) is 21.5 Å². The highest BCUT2D eigenvalue weighted by molar-refractivity contribution is 5.98. The third kappa shape index (κ3) is 3.47. The van der Waals surface area contributed by atoms with Crippen LogP contribution in [0.1, 0.15) is 40.8 Å². The molecule has 0 aliphatic carbocycles. The quantitative estimate of drug-likeness (QED) is 0.257. The van der Waals surface area contributed by atoms with Crippen LogP contribution >= 0.6 is 0 Å². The monoisotopic (exact) mass is 390 g/mol. The topological polar surface area (TPSA) is 175 Å². The molecule has 0 fully saturated rings. The Kier molecular flexibility index (Phi) is 4.94. The van der Waals surface area contributed by atoms with E-state index in [0.717, 1.165) is 16.7 Å². The lowest BCUT2D eigenvalue weighted by atomic mass is 9.89. The molecule has 10 nitrogen and oxygen atoms in total. The first kappa shape index (κ1) is 19.5. The number of nitriles is 2. The summed E-state index contributed by atoms with van der Waals surface area (Å²) in [7, 11) is 0. The maximum absolute atomic E-state index is 11.3. The first-order valence-electron chi connectivity index (χ1n) is 8.55. The molecule has 0 saturated heterocycles. The zero-order valence-electron chi connectivity index (χ0n) is 16.0. The fraction of sp³-hybridized carbons (Fsp3) is 0.211. The van der Waals surface area contributed by atoms with E-state index in [1.165, 1.54) is 6.92 Å². The number of aromatic nitrogens is 1. The minimum atomic E-state index is -0.659. The molecule has 29 heavy (non-hydrogen) atoms. The highest BCUT2D eigenvalue weighted by Gasteiger charge is 2.31. The number of carbonyl (C=O) groups is 1. The van der Waals surface area contributed by atoms with Crippen molar-refractivity contribution >= 4 is 29.3 Å². The Labute approximate surface area is 166 Å². The minimum Gasteiger partial charge on any atom is -0.427 e. The Morgan fingerprint density at radius 3 is 2.45 bits per heavy atom. The van der Waals surface area contributed by atoms with Gasteiger partial charge >= 0.3 is 5.97 Å². The molecule has 1 aromatic heterocycles. The van der Waals surface area contributed by atoms with Crippen LogP contribution in [0.15, 0.2) is 17.1 Å². The molecule has 0 spiro atoms. The molecule has 1 aromatic carbocycles. The third-order valence-corrected chi connectivity index (χ3v) is 4.46. The number of nitrogens with zero attached hydrogens (tertiary/aromatic N) is 4. The molecule has 0 amide bonds. The van der Waals surface area contributed by atoms with Gasteiger partial charge in [-0.15, -0.1) is 0 Å². The summed E-state index contributed by atoms with van der Waals surface area (Å²) in [5.41, 5.74) is 15.2. The number of ether oxygens (including phenoxy) is 1. The van der Waals surface area contributed by atoms with Gasteiger partial charge in [-0.3, -0.25) is 10.1 Å². The van der Waals surface area contributed by atoms with Crippen LogP contribution in [-0.2, 0) is 4.79 Å². The Bertz CT molecular complexity index is 1120. The highest BCUT2D eigenvalue weighted by atomic mass is 16.5. The van der Waals surface area contributed by atoms with Gasteiger partial charge < -0.3 is 21.5 Å². The lowest BCUT2D eigenvalue weighted by molar-refractivity contribution is -0.131. The molecule has 1 atom stereocenters. The minimum absolute atomic E-state index is 0.0214. The summed E-state index contributed by atoms with van der Waals surface area (Å²) in [4.78, 5) is 20.1. The predicted molar refractivity (Wildman–Crippen MR) is 107 cm³/mol. The number of anilines is 3. The number of carbonyl (C=O) groups excluding carboxylic acids is 1. The van der Waals surface area contributed by atoms with E-state index in [2.05, 4.69) is 20.6 Å². The van der Waals surface area contributed by atoms with Crippen molar-refractivity contribution in [3.05, 3.63) is 39.9 Å². The molecule has 1 aliphatic heterocycles. The van der Waals surface area contributed by atoms with Crippen LogP contribution in [0, 0.1) is 36.6 Å². The van der Waals surface area contributed by atoms with Gasteiger partial charge in [0.25, 0.3) is 0 Å². The van der Waals surface area contributed by atoms with Crippen molar-refractivity contribution in [1.29, 1.82) is 10.5 Å². The summed E-state index contributed by atoms with van der Waals surface area (Å²) in [5.74, 6) is 0.436. The maximum atomic E-state index is 11.3. The number of fused-ring (bicyclic) bond motifs is 1. The van der Waals surface area contributed by atoms with E-state index in [1.807, 2.05) is 26.1 Å². The Morgan fingerprint density at radius 2 is 1.90 bits per heavy atom. The van der Waals surface area contributed by atoms with Gasteiger partial charge in [-0.2, -0.15) is 10.5 Å². The van der Waals surface area contributed by atoms with Gasteiger partial charge in [-0.1, -0.05) is 0 Å². The number of guanidine groups is 1. The maximum Gasteiger partial charge on any atom is 0.308 e. The summed E-state index contributed by atoms with van der Waals surface area (Å²) in [5, 5.41) is 23.7. The average molecular weight is 390 g/mol. The number of rotatable bonds is 2. The summed E-state index contributed by atoms with van der Waals surface area (Å²) in [6, 6.07) is 4.73. The van der Waals surface area contributed by atoms with Crippen LogP contribution in [0.25, 0.3) is 0 Å². The predicted octanol–water partition coefficient (Wildman–Crippen LogP) is 1.60. The van der Waals surface area contributed by atoms with Gasteiger partial charge in [0.05, 0.1) is 5.69 Å². The number of hydrogen-bond donors (Lipinski definition) is 4. The molecule has 2 aromatic rings. The molecule has 146 valence electrons. The lowest BCUT2D eigenvalue weighted by Gasteiger charge is -2.28. The highest BCUT2D eigenvalue weighted by Crippen LogP contribution is 2.43. The standard InChI is InChI=1S/C19H18N8O2/c1-8-4-11(29-10(3)28)5-9(2)13(8)16-14-15(22)12(6-20)17(23)26-18(14)27-19(25-16)24-7-21/h4-5,16H,1-3H3,(H6,22,23,24,25,26,27). The zero-order chi connectivity index (χ0) is 21.3. The molecule has 2 heterocycles. The molecular formula is C19H18N8O2. The summed E-state index contributed by atoms with van der Waals surface area (Å²) in [6.45, 7) is 5.01. The Morgan fingerprint density at radius 1 is 1.24 bits per heavy atom. The number of aliphatic imine (C=N–C) groups is 1. The second-order valence-electron chi connectivity index (χ2n) is 6.47. The molecule has 0 radical (unpaired) electrons. The first-order valence-corrected chi connectivity index (χ1v) is 8.55. The van der Waals surface area contributed by atoms with Gasteiger partial charge in [0.1, 0.15) is 35.1 Å². The lowest BCUT2D eigenvalue weighted by Crippen LogP contribution is -2.33. The zero-order valence-corrected chi connectivity index (χ0v) is 16.0. The van der Waals surface area contributed by atoms with Gasteiger partial charge in [-0.05, 0) is 42.7 Å². The summed E-state index contributed by atoms with van der Waals surface area (Å²) < 4.78 is 5.18. The van der Waals surface area contributed by atoms with Crippen LogP contribution in [0.3, 0.4) is 0 Å². The Hall–Kier alpha value is -4.31. The van der Waals surface area contributed by atoms with Crippen molar-refractivity contribution in [1.82, 2.24) is 10.3 Å². The number of nitrogens with one attached hydrogen (secondary N) is 2. The number of nitrogens with two attached hydrogens (primary N) is 2. The van der Waals surface area contributed by atoms with Crippen molar-refractivity contribution < 1.29 is 9.53 Å². The molecular weight excluding hydrogens is 372 g/mol. The van der Waals surface area contributed by atoms with Crippen LogP contribution in [0.2, 0.25) is 0 Å². The van der Waals surface area contributed by atoms with Gasteiger partial charge in [-0.25, -0.2) is 9.98 Å². The molecule has 10 heteroatoms. The van der Waals surface area contributed by atoms with E-state index >= 15 is 0 Å². The number of esters is 1. The smallest absolute Gasteiger partial charge is 0.308 e. The molecule has 6 N–H and O–H groups in total. The van der Waals surface area contributed by atoms with Crippen molar-refractivity contribution in [3.8, 4) is 18.0 Å². The fourth-order valence-electron chi connectivity index (χ4n) is 3.38. The summed E-state index contributed by atoms with van der Waals surface area (Å²) in [6.07, 6.45) is 1.81. The fourth-order valence-corrected chi connectivity index (χ4v) is 3.38. The molecule has 1 aliphatic rings. The van der Waals surface area contributed by atoms with E-state index in [-0.39, 0.29) is 23.0 Å². The second kappa shape index (κ2) is 7.37. The van der Waals surface area contributed by atoms with Crippen molar-refractivity contribution in [2.45, 2.75) is 26.8 Å². The van der Waals surface area contributed by atoms with E-state index < -0.39 is 12.0 Å². The molecule has 1 unspecified atom stereocenters. The number of hydrogen-bond acceptors (Lipinski definition) is 10. The largest absolute Gasteiger partial charge is 0.427 e. The molecule has 0 saturated carbocycles. The first-order chi connectivity index (χ1) is 13.8. The van der Waals surface area contributed by atoms with Gasteiger partial charge in [0.2, 0.25) is 5.96 Å². The number of nitrogen functional groups attached to an aromatic ring is 2. The number of benzene rings is 1. The van der Waals surface area contributed by atoms with Gasteiger partial charge in [0, 0.05) is 12.5 Å². The van der Waals surface area contributed by atoms with Crippen LogP contribution in [0.4, 0.5) is 17.3 Å². The van der Waals surface area contributed by atoms with E-state index in [9.17, 15) is 10.1 Å². The molecule has 0 bridgehead atoms. The summed E-state index contributed by atoms with van der Waals surface area (Å²) >= 11 is 0. The number of aryl methyl sites for hydroxylation is 2. The van der Waals surface area contributed by atoms with Crippen LogP contribution in [-0.4, -0.2) is 16.9 Å². The van der Waals surface area contributed by atoms with Gasteiger partial charge in [0.15, 0.2) is 6.19 Å². The van der Waals surface area contributed by atoms with Crippen molar-refractivity contribution in [2.24, 2.45) is 4.99 Å². The normalized spacial score (nSPS) is 14.5. The van der Waals surface area contributed by atoms with Crippen molar-refractivity contribution in [3.63, 3.8) is 0 Å². The third-order valence-electron chi connectivity index (χ3n) is 4.46. The van der Waals surface area contributed by atoms with E-state index in [1.54, 1.807) is 12.1 Å². The average Bonchev–Trinajstić information content (AvgIpc) is 2.60. The van der Waals surface area contributed by atoms with Crippen LogP contribution < -0.4 is 26.8 Å².